The molecule has 0 spiro atoms. The second-order valence-electron chi connectivity index (χ2n) is 8.55. The molecule has 4 rings (SSSR count). The highest BCUT2D eigenvalue weighted by Crippen LogP contribution is 2.35. The second kappa shape index (κ2) is 8.05. The number of piperidine rings is 1. The number of rotatable bonds is 5. The number of likely N-dealkylation sites (tertiary alicyclic amines) is 1. The van der Waals surface area contributed by atoms with Gasteiger partial charge < -0.3 is 15.1 Å². The molecule has 7 nitrogen and oxygen atoms in total. The van der Waals surface area contributed by atoms with Gasteiger partial charge in [0.1, 0.15) is 11.6 Å². The highest BCUT2D eigenvalue weighted by Gasteiger charge is 2.31. The number of anilines is 1. The Kier molecular flexibility index (Phi) is 5.51. The van der Waals surface area contributed by atoms with Crippen LogP contribution in [0.2, 0.25) is 0 Å². The Balaban J connectivity index is 1.51. The Hall–Kier alpha value is -2.18. The number of nitrogens with one attached hydrogen (secondary N) is 1. The summed E-state index contributed by atoms with van der Waals surface area (Å²) in [5, 5.41) is 2.61. The van der Waals surface area contributed by atoms with E-state index >= 15 is 0 Å². The molecule has 2 aliphatic heterocycles. The Morgan fingerprint density at radius 2 is 1.96 bits per heavy atom. The van der Waals surface area contributed by atoms with E-state index in [0.29, 0.717) is 6.54 Å². The molecule has 2 amide bonds. The van der Waals surface area contributed by atoms with Crippen LogP contribution in [-0.2, 0) is 16.0 Å². The average Bonchev–Trinajstić information content (AvgIpc) is 3.51. The van der Waals surface area contributed by atoms with Crippen molar-refractivity contribution in [3.05, 3.63) is 17.1 Å². The third-order valence-corrected chi connectivity index (χ3v) is 6.17. The van der Waals surface area contributed by atoms with Crippen molar-refractivity contribution in [3.63, 3.8) is 0 Å². The van der Waals surface area contributed by atoms with Gasteiger partial charge >= 0.3 is 0 Å². The van der Waals surface area contributed by atoms with Crippen molar-refractivity contribution in [1.82, 2.24) is 20.2 Å². The maximum absolute atomic E-state index is 12.4. The van der Waals surface area contributed by atoms with E-state index in [1.165, 1.54) is 31.7 Å². The van der Waals surface area contributed by atoms with Gasteiger partial charge in [-0.05, 0) is 51.4 Å². The number of amides is 2. The number of aryl methyl sites for hydroxylation is 1. The zero-order chi connectivity index (χ0) is 19.7. The lowest BCUT2D eigenvalue weighted by atomic mass is 9.96. The highest BCUT2D eigenvalue weighted by atomic mass is 16.2. The predicted octanol–water partition coefficient (Wildman–Crippen LogP) is 1.79. The van der Waals surface area contributed by atoms with Crippen molar-refractivity contribution in [1.29, 1.82) is 0 Å². The summed E-state index contributed by atoms with van der Waals surface area (Å²) in [6.45, 7) is 7.20. The molecule has 3 aliphatic rings. The zero-order valence-corrected chi connectivity index (χ0v) is 17.0. The topological polar surface area (TPSA) is 78.4 Å². The number of carbonyl (C=O) groups is 2. The van der Waals surface area contributed by atoms with E-state index in [2.05, 4.69) is 17.1 Å². The van der Waals surface area contributed by atoms with Gasteiger partial charge in [-0.1, -0.05) is 0 Å². The maximum atomic E-state index is 12.4. The van der Waals surface area contributed by atoms with Crippen LogP contribution in [0.15, 0.2) is 0 Å². The molecule has 1 atom stereocenters. The van der Waals surface area contributed by atoms with E-state index < -0.39 is 0 Å². The molecule has 1 aliphatic carbocycles. The van der Waals surface area contributed by atoms with Crippen molar-refractivity contribution in [2.24, 2.45) is 5.92 Å². The van der Waals surface area contributed by atoms with Gasteiger partial charge in [0.2, 0.25) is 11.8 Å². The van der Waals surface area contributed by atoms with Gasteiger partial charge in [0.15, 0.2) is 0 Å². The molecule has 1 aromatic rings. The lowest BCUT2D eigenvalue weighted by Gasteiger charge is -2.34. The Morgan fingerprint density at radius 1 is 1.14 bits per heavy atom. The number of aromatic nitrogens is 2. The zero-order valence-electron chi connectivity index (χ0n) is 17.0. The number of hydrogen-bond acceptors (Lipinski definition) is 5. The van der Waals surface area contributed by atoms with E-state index in [9.17, 15) is 9.59 Å². The third kappa shape index (κ3) is 4.28. The fraction of sp³-hybridized carbons (Fsp3) is 0.714. The van der Waals surface area contributed by atoms with Crippen LogP contribution in [0.25, 0.3) is 0 Å². The quantitative estimate of drug-likeness (QED) is 0.836. The number of hydrogen-bond donors (Lipinski definition) is 1. The molecule has 0 unspecified atom stereocenters. The van der Waals surface area contributed by atoms with Gasteiger partial charge in [-0.3, -0.25) is 9.59 Å². The lowest BCUT2D eigenvalue weighted by molar-refractivity contribution is -0.133. The summed E-state index contributed by atoms with van der Waals surface area (Å²) in [7, 11) is 0. The van der Waals surface area contributed by atoms with E-state index in [0.717, 1.165) is 62.2 Å². The molecule has 1 saturated heterocycles. The third-order valence-electron chi connectivity index (χ3n) is 6.17. The lowest BCUT2D eigenvalue weighted by Crippen LogP contribution is -2.44. The van der Waals surface area contributed by atoms with E-state index in [4.69, 9.17) is 9.97 Å². The minimum Gasteiger partial charge on any atom is -0.356 e. The monoisotopic (exact) mass is 385 g/mol. The van der Waals surface area contributed by atoms with Gasteiger partial charge in [-0.2, -0.15) is 0 Å². The highest BCUT2D eigenvalue weighted by molar-refractivity contribution is 5.83. The molecule has 152 valence electrons. The minimum atomic E-state index is -0.175. The summed E-state index contributed by atoms with van der Waals surface area (Å²) in [5.74, 6) is 2.83. The molecule has 1 N–H and O–H groups in total. The van der Waals surface area contributed by atoms with Gasteiger partial charge in [-0.15, -0.1) is 0 Å². The van der Waals surface area contributed by atoms with Crippen molar-refractivity contribution in [3.8, 4) is 0 Å². The van der Waals surface area contributed by atoms with Crippen LogP contribution in [0.3, 0.4) is 0 Å². The van der Waals surface area contributed by atoms with Crippen molar-refractivity contribution >= 4 is 17.6 Å². The Bertz CT molecular complexity index is 761. The van der Waals surface area contributed by atoms with Gasteiger partial charge in [0.05, 0.1) is 6.54 Å². The molecule has 1 aromatic heterocycles. The van der Waals surface area contributed by atoms with Crippen LogP contribution in [-0.4, -0.2) is 59.4 Å². The minimum absolute atomic E-state index is 0.0232. The van der Waals surface area contributed by atoms with Crippen LogP contribution in [0, 0.1) is 12.8 Å². The first-order chi connectivity index (χ1) is 13.5. The molecule has 1 saturated carbocycles. The molecule has 0 bridgehead atoms. The van der Waals surface area contributed by atoms with Crippen LogP contribution in [0.1, 0.15) is 62.0 Å². The average molecular weight is 386 g/mol. The van der Waals surface area contributed by atoms with Crippen LogP contribution >= 0.6 is 0 Å². The SMILES string of the molecule is CC(=O)NCC(=O)N1CCC[C@H](c2nc(C)c3c(n2)N(CC2CC2)CCC3)C1. The predicted molar refractivity (Wildman–Crippen MR) is 107 cm³/mol. The largest absolute Gasteiger partial charge is 0.356 e. The first kappa shape index (κ1) is 19.2. The molecule has 7 heteroatoms. The van der Waals surface area contributed by atoms with E-state index in [-0.39, 0.29) is 24.3 Å². The summed E-state index contributed by atoms with van der Waals surface area (Å²) >= 11 is 0. The number of carbonyl (C=O) groups excluding carboxylic acids is 2. The molecule has 3 heterocycles. The summed E-state index contributed by atoms with van der Waals surface area (Å²) in [6.07, 6.45) is 6.88. The Labute approximate surface area is 166 Å². The molecule has 0 aromatic carbocycles. The molecular formula is C21H31N5O2. The maximum Gasteiger partial charge on any atom is 0.241 e. The van der Waals surface area contributed by atoms with Crippen molar-refractivity contribution in [2.75, 3.05) is 37.6 Å². The normalized spacial score (nSPS) is 22.0. The number of nitrogens with zero attached hydrogens (tertiary/aromatic N) is 4. The number of fused-ring (bicyclic) bond motifs is 1. The first-order valence-corrected chi connectivity index (χ1v) is 10.7. The smallest absolute Gasteiger partial charge is 0.241 e. The van der Waals surface area contributed by atoms with Crippen LogP contribution < -0.4 is 10.2 Å². The first-order valence-electron chi connectivity index (χ1n) is 10.7. The summed E-state index contributed by atoms with van der Waals surface area (Å²) in [5.41, 5.74) is 2.41. The van der Waals surface area contributed by atoms with Crippen LogP contribution in [0.4, 0.5) is 5.82 Å². The Morgan fingerprint density at radius 3 is 2.71 bits per heavy atom. The fourth-order valence-electron chi connectivity index (χ4n) is 4.41. The molecule has 28 heavy (non-hydrogen) atoms. The fourth-order valence-corrected chi connectivity index (χ4v) is 4.41. The summed E-state index contributed by atoms with van der Waals surface area (Å²) in [4.78, 5) is 37.7. The molecule has 0 radical (unpaired) electrons. The second-order valence-corrected chi connectivity index (χ2v) is 8.55. The van der Waals surface area contributed by atoms with Crippen LogP contribution in [0.5, 0.6) is 0 Å². The standard InChI is InChI=1S/C21H31N5O2/c1-14-18-6-4-10-26(12-16-7-8-16)21(18)24-20(23-14)17-5-3-9-25(13-17)19(28)11-22-15(2)27/h16-17H,3-13H2,1-2H3,(H,22,27)/t17-/m0/s1. The van der Waals surface area contributed by atoms with E-state index in [1.807, 2.05) is 4.90 Å². The molecule has 2 fully saturated rings. The van der Waals surface area contributed by atoms with Crippen molar-refractivity contribution < 1.29 is 9.59 Å². The van der Waals surface area contributed by atoms with Gasteiger partial charge in [0.25, 0.3) is 0 Å². The van der Waals surface area contributed by atoms with Gasteiger partial charge in [0, 0.05) is 50.3 Å². The molecular weight excluding hydrogens is 354 g/mol. The van der Waals surface area contributed by atoms with E-state index in [1.54, 1.807) is 0 Å². The summed E-state index contributed by atoms with van der Waals surface area (Å²) in [6, 6.07) is 0. The van der Waals surface area contributed by atoms with Crippen molar-refractivity contribution in [2.45, 2.75) is 58.3 Å². The summed E-state index contributed by atoms with van der Waals surface area (Å²) < 4.78 is 0. The van der Waals surface area contributed by atoms with Gasteiger partial charge in [-0.25, -0.2) is 9.97 Å².